The Hall–Kier alpha value is -1.50. The average Bonchev–Trinajstić information content (AvgIpc) is 3.21. The molecule has 0 aromatic heterocycles. The molecule has 0 aliphatic carbocycles. The van der Waals surface area contributed by atoms with Crippen LogP contribution < -0.4 is 14.8 Å². The Bertz CT molecular complexity index is 560. The van der Waals surface area contributed by atoms with E-state index in [4.69, 9.17) is 30.5 Å². The van der Waals surface area contributed by atoms with E-state index in [9.17, 15) is 4.79 Å². The van der Waals surface area contributed by atoms with Gasteiger partial charge < -0.3 is 24.3 Å². The lowest BCUT2D eigenvalue weighted by atomic mass is 10.2. The SMILES string of the molecule is O=C(NCCCOCC1CCCO1)c1cc(Cl)c2c(c1)OCO2. The van der Waals surface area contributed by atoms with Gasteiger partial charge in [0, 0.05) is 25.3 Å². The first-order valence-electron chi connectivity index (χ1n) is 7.81. The van der Waals surface area contributed by atoms with Crippen molar-refractivity contribution in [2.24, 2.45) is 0 Å². The van der Waals surface area contributed by atoms with Crippen LogP contribution in [-0.2, 0) is 9.47 Å². The largest absolute Gasteiger partial charge is 0.454 e. The molecule has 1 N–H and O–H groups in total. The molecule has 1 saturated heterocycles. The van der Waals surface area contributed by atoms with Crippen LogP contribution in [0.2, 0.25) is 5.02 Å². The van der Waals surface area contributed by atoms with Gasteiger partial charge in [-0.25, -0.2) is 0 Å². The van der Waals surface area contributed by atoms with Gasteiger partial charge in [0.15, 0.2) is 11.5 Å². The Kier molecular flexibility index (Phi) is 5.59. The summed E-state index contributed by atoms with van der Waals surface area (Å²) in [4.78, 5) is 12.1. The third-order valence-corrected chi connectivity index (χ3v) is 4.05. The van der Waals surface area contributed by atoms with E-state index in [0.29, 0.717) is 41.8 Å². The van der Waals surface area contributed by atoms with Crippen LogP contribution >= 0.6 is 11.6 Å². The van der Waals surface area contributed by atoms with Gasteiger partial charge in [-0.3, -0.25) is 4.79 Å². The quantitative estimate of drug-likeness (QED) is 0.771. The Balaban J connectivity index is 1.37. The van der Waals surface area contributed by atoms with E-state index >= 15 is 0 Å². The molecule has 0 saturated carbocycles. The minimum atomic E-state index is -0.190. The lowest BCUT2D eigenvalue weighted by Gasteiger charge is -2.10. The molecule has 0 radical (unpaired) electrons. The lowest BCUT2D eigenvalue weighted by Crippen LogP contribution is -2.25. The van der Waals surface area contributed by atoms with Crippen LogP contribution in [0.5, 0.6) is 11.5 Å². The van der Waals surface area contributed by atoms with E-state index in [1.165, 1.54) is 0 Å². The normalized spacial score (nSPS) is 19.1. The Morgan fingerprint density at radius 3 is 3.13 bits per heavy atom. The highest BCUT2D eigenvalue weighted by molar-refractivity contribution is 6.32. The fraction of sp³-hybridized carbons (Fsp3) is 0.562. The van der Waals surface area contributed by atoms with Gasteiger partial charge in [-0.1, -0.05) is 11.6 Å². The fourth-order valence-corrected chi connectivity index (χ4v) is 2.83. The van der Waals surface area contributed by atoms with E-state index in [1.807, 2.05) is 0 Å². The molecule has 1 unspecified atom stereocenters. The predicted molar refractivity (Wildman–Crippen MR) is 84.3 cm³/mol. The van der Waals surface area contributed by atoms with Gasteiger partial charge >= 0.3 is 0 Å². The summed E-state index contributed by atoms with van der Waals surface area (Å²) in [6, 6.07) is 3.22. The fourth-order valence-electron chi connectivity index (χ4n) is 2.57. The topological polar surface area (TPSA) is 66.0 Å². The monoisotopic (exact) mass is 341 g/mol. The second kappa shape index (κ2) is 7.86. The summed E-state index contributed by atoms with van der Waals surface area (Å²) in [7, 11) is 0. The highest BCUT2D eigenvalue weighted by Gasteiger charge is 2.20. The molecule has 1 amide bonds. The molecular weight excluding hydrogens is 322 g/mol. The summed E-state index contributed by atoms with van der Waals surface area (Å²) in [6.45, 7) is 2.73. The first kappa shape index (κ1) is 16.4. The molecule has 6 nitrogen and oxygen atoms in total. The van der Waals surface area contributed by atoms with Crippen molar-refractivity contribution in [3.8, 4) is 11.5 Å². The number of halogens is 1. The molecular formula is C16H20ClNO5. The maximum atomic E-state index is 12.1. The number of fused-ring (bicyclic) bond motifs is 1. The minimum Gasteiger partial charge on any atom is -0.454 e. The van der Waals surface area contributed by atoms with Gasteiger partial charge in [0.25, 0.3) is 5.91 Å². The zero-order valence-corrected chi connectivity index (χ0v) is 13.6. The average molecular weight is 342 g/mol. The number of carbonyl (C=O) groups excluding carboxylic acids is 1. The molecule has 1 aromatic carbocycles. The Labute approximate surface area is 140 Å². The highest BCUT2D eigenvalue weighted by Crippen LogP contribution is 2.39. The standard InChI is InChI=1S/C16H20ClNO5/c17-13-7-11(8-14-15(13)23-10-22-14)16(19)18-4-2-5-20-9-12-3-1-6-21-12/h7-8,12H,1-6,9-10H2,(H,18,19). The van der Waals surface area contributed by atoms with Crippen molar-refractivity contribution in [2.45, 2.75) is 25.4 Å². The van der Waals surface area contributed by atoms with Gasteiger partial charge in [0.2, 0.25) is 6.79 Å². The third kappa shape index (κ3) is 4.28. The van der Waals surface area contributed by atoms with Crippen LogP contribution in [0.25, 0.3) is 0 Å². The second-order valence-electron chi connectivity index (χ2n) is 5.51. The van der Waals surface area contributed by atoms with E-state index in [1.54, 1.807) is 12.1 Å². The van der Waals surface area contributed by atoms with Crippen LogP contribution in [0.4, 0.5) is 0 Å². The smallest absolute Gasteiger partial charge is 0.251 e. The number of nitrogens with one attached hydrogen (secondary N) is 1. The van der Waals surface area contributed by atoms with E-state index < -0.39 is 0 Å². The summed E-state index contributed by atoms with van der Waals surface area (Å²) in [6.07, 6.45) is 3.17. The van der Waals surface area contributed by atoms with Crippen molar-refractivity contribution >= 4 is 17.5 Å². The van der Waals surface area contributed by atoms with E-state index in [-0.39, 0.29) is 18.8 Å². The Morgan fingerprint density at radius 2 is 2.30 bits per heavy atom. The van der Waals surface area contributed by atoms with E-state index in [0.717, 1.165) is 25.9 Å². The number of amides is 1. The zero-order chi connectivity index (χ0) is 16.1. The molecule has 2 aliphatic heterocycles. The Morgan fingerprint density at radius 1 is 1.39 bits per heavy atom. The number of carbonyl (C=O) groups is 1. The summed E-state index contributed by atoms with van der Waals surface area (Å²) in [5.41, 5.74) is 0.458. The molecule has 126 valence electrons. The number of rotatable bonds is 7. The molecule has 1 aromatic rings. The molecule has 23 heavy (non-hydrogen) atoms. The highest BCUT2D eigenvalue weighted by atomic mass is 35.5. The molecule has 0 spiro atoms. The van der Waals surface area contributed by atoms with Crippen molar-refractivity contribution in [1.82, 2.24) is 5.32 Å². The summed E-state index contributed by atoms with van der Waals surface area (Å²) in [5.74, 6) is 0.803. The summed E-state index contributed by atoms with van der Waals surface area (Å²) >= 11 is 6.07. The molecule has 3 rings (SSSR count). The van der Waals surface area contributed by atoms with Gasteiger partial charge in [0.1, 0.15) is 0 Å². The van der Waals surface area contributed by atoms with E-state index in [2.05, 4.69) is 5.32 Å². The first-order chi connectivity index (χ1) is 11.2. The number of hydrogen-bond acceptors (Lipinski definition) is 5. The van der Waals surface area contributed by atoms with Crippen LogP contribution in [0, 0.1) is 0 Å². The minimum absolute atomic E-state index is 0.127. The van der Waals surface area contributed by atoms with Gasteiger partial charge in [0.05, 0.1) is 17.7 Å². The summed E-state index contributed by atoms with van der Waals surface area (Å²) < 4.78 is 21.5. The van der Waals surface area contributed by atoms with Crippen LogP contribution in [0.15, 0.2) is 12.1 Å². The molecule has 7 heteroatoms. The van der Waals surface area contributed by atoms with Gasteiger partial charge in [-0.15, -0.1) is 0 Å². The van der Waals surface area contributed by atoms with Gasteiger partial charge in [-0.2, -0.15) is 0 Å². The number of benzene rings is 1. The molecule has 1 atom stereocenters. The summed E-state index contributed by atoms with van der Waals surface area (Å²) in [5, 5.41) is 3.22. The van der Waals surface area contributed by atoms with Crippen molar-refractivity contribution < 1.29 is 23.7 Å². The first-order valence-corrected chi connectivity index (χ1v) is 8.18. The molecule has 1 fully saturated rings. The second-order valence-corrected chi connectivity index (χ2v) is 5.92. The predicted octanol–water partition coefficient (Wildman–Crippen LogP) is 2.38. The van der Waals surface area contributed by atoms with Crippen molar-refractivity contribution in [2.75, 3.05) is 33.2 Å². The molecule has 2 heterocycles. The van der Waals surface area contributed by atoms with Crippen LogP contribution in [-0.4, -0.2) is 45.2 Å². The lowest BCUT2D eigenvalue weighted by molar-refractivity contribution is 0.0166. The van der Waals surface area contributed by atoms with Crippen molar-refractivity contribution in [3.63, 3.8) is 0 Å². The number of ether oxygens (including phenoxy) is 4. The van der Waals surface area contributed by atoms with Crippen LogP contribution in [0.3, 0.4) is 0 Å². The molecule has 0 bridgehead atoms. The van der Waals surface area contributed by atoms with Crippen LogP contribution in [0.1, 0.15) is 29.6 Å². The van der Waals surface area contributed by atoms with Gasteiger partial charge in [-0.05, 0) is 31.4 Å². The maximum Gasteiger partial charge on any atom is 0.251 e. The van der Waals surface area contributed by atoms with Crippen molar-refractivity contribution in [3.05, 3.63) is 22.7 Å². The third-order valence-electron chi connectivity index (χ3n) is 3.77. The zero-order valence-electron chi connectivity index (χ0n) is 12.8. The molecule has 2 aliphatic rings. The maximum absolute atomic E-state index is 12.1. The number of hydrogen-bond donors (Lipinski definition) is 1. The van der Waals surface area contributed by atoms with Crippen molar-refractivity contribution in [1.29, 1.82) is 0 Å².